The van der Waals surface area contributed by atoms with E-state index in [1.165, 1.54) is 18.3 Å². The number of ketones is 3. The van der Waals surface area contributed by atoms with Crippen molar-refractivity contribution >= 4 is 69.1 Å². The average Bonchev–Trinajstić information content (AvgIpc) is 1.63. The third-order valence-corrected chi connectivity index (χ3v) is 24.7. The molecule has 2 bridgehead atoms. The number of carbonyl (C=O) groups is 6. The van der Waals surface area contributed by atoms with Crippen LogP contribution in [0.15, 0.2) is 82.7 Å². The number of hydrogen-bond donors (Lipinski definition) is 5. The Morgan fingerprint density at radius 2 is 1.41 bits per heavy atom. The molecule has 7 heterocycles. The Bertz CT molecular complexity index is 4410. The number of benzene rings is 1. The fourth-order valence-corrected chi connectivity index (χ4v) is 17.0. The molecule has 1 saturated carbocycles. The van der Waals surface area contributed by atoms with Gasteiger partial charge in [0, 0.05) is 96.3 Å². The molecule has 3 fully saturated rings. The quantitative estimate of drug-likeness (QED) is 0.0105. The van der Waals surface area contributed by atoms with Crippen molar-refractivity contribution in [3.63, 3.8) is 0 Å². The van der Waals surface area contributed by atoms with Gasteiger partial charge in [0.25, 0.3) is 17.7 Å². The number of rotatable bonds is 45. The van der Waals surface area contributed by atoms with Crippen LogP contribution in [-0.2, 0) is 115 Å². The lowest BCUT2D eigenvalue weighted by Gasteiger charge is -2.42. The summed E-state index contributed by atoms with van der Waals surface area (Å²) >= 11 is 0. The lowest BCUT2D eigenvalue weighted by Crippen LogP contribution is -2.61. The Kier molecular flexibility index (Phi) is 43.8. The number of esters is 1. The van der Waals surface area contributed by atoms with Gasteiger partial charge in [-0.15, -0.1) is 5.10 Å². The Labute approximate surface area is 758 Å². The number of methoxy groups -OCH3 is 3. The Hall–Kier alpha value is -8.24. The SMILES string of the molecule is CO[C@H]1C[C@@H]2CC[C@@H](C)[C@@](O)(O2)C(=O)C(=O)N2CCCC[C@H]2C(=O)O[C@H]([C@H](C)C[C@@H]2CC[C@@H](OCCC(C)(C)Cc3cn(CCOCCOCCOCCOCCOCCOCCOCCOCCC(=O)NCCCCn4nc(-c5ccc6oc(N)nc6c5)c5c(N)ncnc54)nn3)[C@H](OC)C2)CC(=O)[C@H](C)/C=C(\C)[C@@H](O)[C@@H](OC)C(=O)[C@H](C)C[C@H](C)/C=C/C=C/C=C/1C. The Morgan fingerprint density at radius 1 is 0.736 bits per heavy atom. The van der Waals surface area contributed by atoms with Crippen LogP contribution in [-0.4, -0.2) is 291 Å². The number of aromatic nitrogens is 8. The van der Waals surface area contributed by atoms with Crippen molar-refractivity contribution in [3.8, 4) is 11.3 Å². The fraction of sp³-hybridized carbons (Fsp3) is 0.702. The number of ether oxygens (including phenoxy) is 14. The fourth-order valence-electron chi connectivity index (χ4n) is 17.0. The molecule has 3 aliphatic heterocycles. The molecule has 0 spiro atoms. The van der Waals surface area contributed by atoms with Gasteiger partial charge < -0.3 is 103 Å². The van der Waals surface area contributed by atoms with Crippen LogP contribution < -0.4 is 16.8 Å². The van der Waals surface area contributed by atoms with Crippen molar-refractivity contribution < 1.29 is 110 Å². The molecular weight excluding hydrogens is 1670 g/mol. The first kappa shape index (κ1) is 104. The topological polar surface area (TPSA) is 440 Å². The van der Waals surface area contributed by atoms with E-state index < -0.39 is 77.8 Å². The first-order valence-electron chi connectivity index (χ1n) is 46.1. The first-order chi connectivity index (χ1) is 62.1. The predicted octanol–water partition coefficient (Wildman–Crippen LogP) is 9.69. The van der Waals surface area contributed by atoms with Gasteiger partial charge in [-0.3, -0.25) is 24.0 Å². The number of anilines is 2. The monoisotopic (exact) mass is 1810 g/mol. The van der Waals surface area contributed by atoms with Gasteiger partial charge in [0.15, 0.2) is 17.0 Å². The number of hydrogen-bond acceptors (Lipinski definition) is 31. The maximum absolute atomic E-state index is 14.8. The van der Waals surface area contributed by atoms with Crippen LogP contribution >= 0.6 is 0 Å². The molecular formula is C94H144N12O23. The van der Waals surface area contributed by atoms with Gasteiger partial charge in [0.2, 0.25) is 11.7 Å². The van der Waals surface area contributed by atoms with Gasteiger partial charge in [0.05, 0.1) is 148 Å². The molecule has 2 saturated heterocycles. The standard InChI is InChI=1S/C94H144N12O23/c1-62-20-14-13-15-21-63(2)78(115-10)57-72-26-23-68(7)94(114,129-72)87(111)90(112)105-32-18-16-22-74(105)91(113)127-79(58-75(107)64(3)53-67(6)85(110)86(117-12)84(109)66(5)52-62)65(4)54-69-24-27-77(80(55-69)116-11)126-36-30-93(8,9)59-71-60-104(103-101-71)34-37-119-39-41-121-43-45-123-47-49-125-51-50-124-48-46-122-44-42-120-40-38-118-35-29-81(108)97-31-17-19-33-106-89-82(88(95)98-61-99-89)83(102-106)70-25-28-76-73(56-70)100-92(96)128-76/h13-15,20-21,25,28,53,56,60-62,64-66,68-69,72,74,77-80,85-86,110,114H,16-19,22-24,26-27,29-52,54-55,57-59H2,1-12H3,(H2,96,100)(H,97,108)(H2,95,98,99)/b15-13+,20-14+,63-21+,67-53+/t62-,64-,65-,66-,68-,69+,72+,74+,77-,78+,79+,80-,85-,86+,94-/m1/s1. The van der Waals surface area contributed by atoms with Crippen LogP contribution in [0.2, 0.25) is 0 Å². The molecule has 35 nitrogen and oxygen atoms in total. The number of piperidine rings is 1. The maximum Gasteiger partial charge on any atom is 0.329 e. The van der Waals surface area contributed by atoms with Crippen molar-refractivity contribution in [2.45, 2.75) is 239 Å². The summed E-state index contributed by atoms with van der Waals surface area (Å²) < 4.78 is 91.1. The summed E-state index contributed by atoms with van der Waals surface area (Å²) in [6.07, 6.45) is 18.2. The molecule has 1 aromatic carbocycles. The summed E-state index contributed by atoms with van der Waals surface area (Å²) in [5.41, 5.74) is 17.2. The third-order valence-electron chi connectivity index (χ3n) is 24.7. The van der Waals surface area contributed by atoms with Crippen molar-refractivity contribution in [2.24, 2.45) is 40.9 Å². The van der Waals surface area contributed by atoms with Crippen molar-refractivity contribution in [1.29, 1.82) is 0 Å². The van der Waals surface area contributed by atoms with E-state index in [0.29, 0.717) is 229 Å². The summed E-state index contributed by atoms with van der Waals surface area (Å²) in [6, 6.07) is 4.40. The minimum Gasteiger partial charge on any atom is -0.460 e. The number of amides is 2. The van der Waals surface area contributed by atoms with Crippen LogP contribution in [0.3, 0.4) is 0 Å². The van der Waals surface area contributed by atoms with Crippen LogP contribution in [0.1, 0.15) is 171 Å². The van der Waals surface area contributed by atoms with E-state index in [9.17, 15) is 39.0 Å². The third kappa shape index (κ3) is 32.9. The van der Waals surface area contributed by atoms with E-state index >= 15 is 0 Å². The number of nitrogens with two attached hydrogens (primary N) is 2. The second kappa shape index (κ2) is 54.1. The lowest BCUT2D eigenvalue weighted by molar-refractivity contribution is -0.265. The van der Waals surface area contributed by atoms with Crippen molar-refractivity contribution in [3.05, 3.63) is 84.0 Å². The largest absolute Gasteiger partial charge is 0.460 e. The molecule has 35 heteroatoms. The molecule has 4 aliphatic rings. The number of nitrogen functional groups attached to an aromatic ring is 2. The molecule has 1 aliphatic carbocycles. The minimum absolute atomic E-state index is 0.00708. The molecule has 0 unspecified atom stereocenters. The van der Waals surface area contributed by atoms with Crippen LogP contribution in [0.4, 0.5) is 11.8 Å². The van der Waals surface area contributed by atoms with Gasteiger partial charge in [-0.1, -0.05) is 90.1 Å². The molecule has 4 aromatic heterocycles. The zero-order valence-electron chi connectivity index (χ0n) is 78.0. The highest BCUT2D eigenvalue weighted by molar-refractivity contribution is 6.39. The van der Waals surface area contributed by atoms with E-state index in [1.54, 1.807) is 56.5 Å². The van der Waals surface area contributed by atoms with Crippen LogP contribution in [0.5, 0.6) is 0 Å². The van der Waals surface area contributed by atoms with E-state index in [4.69, 9.17) is 87.3 Å². The van der Waals surface area contributed by atoms with Crippen LogP contribution in [0.25, 0.3) is 33.4 Å². The summed E-state index contributed by atoms with van der Waals surface area (Å²) in [5, 5.41) is 41.1. The minimum atomic E-state index is -2.47. The Balaban J connectivity index is 0.599. The van der Waals surface area contributed by atoms with Gasteiger partial charge in [0.1, 0.15) is 53.5 Å². The molecule has 5 aromatic rings. The highest BCUT2D eigenvalue weighted by atomic mass is 16.6. The smallest absolute Gasteiger partial charge is 0.329 e. The van der Waals surface area contributed by atoms with Gasteiger partial charge in [-0.25, -0.2) is 24.1 Å². The second-order valence-electron chi connectivity index (χ2n) is 35.5. The van der Waals surface area contributed by atoms with E-state index in [-0.39, 0.29) is 91.3 Å². The normalized spacial score (nSPS) is 26.4. The van der Waals surface area contributed by atoms with Crippen LogP contribution in [0, 0.1) is 40.9 Å². The number of Topliss-reactive ketones (excluding diaryl/α,β-unsaturated/α-hetero) is 3. The number of nitrogens with one attached hydrogen (secondary N) is 1. The molecule has 15 atom stereocenters. The molecule has 2 amide bonds. The average molecular weight is 1810 g/mol. The number of cyclic esters (lactones) is 1. The molecule has 129 heavy (non-hydrogen) atoms. The highest BCUT2D eigenvalue weighted by Crippen LogP contribution is 2.40. The molecule has 9 rings (SSSR count). The van der Waals surface area contributed by atoms with Gasteiger partial charge in [-0.05, 0) is 156 Å². The number of carbonyl (C=O) groups excluding carboxylic acids is 6. The summed E-state index contributed by atoms with van der Waals surface area (Å²) in [5.74, 6) is -7.99. The number of aliphatic hydroxyl groups is 2. The number of fused-ring (bicyclic) bond motifs is 5. The highest BCUT2D eigenvalue weighted by Gasteiger charge is 2.53. The number of allylic oxidation sites excluding steroid dienone is 6. The first-order valence-corrected chi connectivity index (χ1v) is 46.1. The predicted molar refractivity (Wildman–Crippen MR) is 482 cm³/mol. The lowest BCUT2D eigenvalue weighted by atomic mass is 9.78. The molecule has 718 valence electrons. The number of nitrogens with zero attached hydrogens (tertiary/aromatic N) is 9. The second-order valence-corrected chi connectivity index (χ2v) is 35.5. The zero-order valence-corrected chi connectivity index (χ0v) is 78.0. The number of oxazole rings is 1. The summed E-state index contributed by atoms with van der Waals surface area (Å²) in [6.45, 7) is 25.9. The van der Waals surface area contributed by atoms with E-state index in [0.717, 1.165) is 42.5 Å². The zero-order chi connectivity index (χ0) is 92.8. The van der Waals surface area contributed by atoms with Gasteiger partial charge in [-0.2, -0.15) is 10.1 Å². The maximum atomic E-state index is 14.8. The van der Waals surface area contributed by atoms with Crippen molar-refractivity contribution in [1.82, 2.24) is 49.9 Å². The summed E-state index contributed by atoms with van der Waals surface area (Å²) in [4.78, 5) is 99.0. The molecule has 0 radical (unpaired) electrons. The molecule has 7 N–H and O–H groups in total. The number of aryl methyl sites for hydroxylation is 1. The number of unbranched alkanes of at least 4 members (excludes halogenated alkanes) is 1. The van der Waals surface area contributed by atoms with Crippen molar-refractivity contribution in [2.75, 3.05) is 158 Å². The van der Waals surface area contributed by atoms with E-state index in [1.807, 2.05) is 76.4 Å². The summed E-state index contributed by atoms with van der Waals surface area (Å²) in [7, 11) is 4.65. The van der Waals surface area contributed by atoms with Gasteiger partial charge >= 0.3 is 5.97 Å². The van der Waals surface area contributed by atoms with E-state index in [2.05, 4.69) is 44.4 Å². The number of aliphatic hydroxyl groups excluding tert-OH is 1. The Morgan fingerprint density at radius 3 is 2.08 bits per heavy atom.